The van der Waals surface area contributed by atoms with Gasteiger partial charge in [-0.1, -0.05) is 13.0 Å². The van der Waals surface area contributed by atoms with Gasteiger partial charge >= 0.3 is 0 Å². The number of nitrogens with zero attached hydrogens (tertiary/aromatic N) is 1. The fourth-order valence-electron chi connectivity index (χ4n) is 4.03. The minimum Gasteiger partial charge on any atom is -0.497 e. The molecule has 2 atom stereocenters. The van der Waals surface area contributed by atoms with Gasteiger partial charge in [-0.15, -0.1) is 0 Å². The Kier molecular flexibility index (Phi) is 8.62. The van der Waals surface area contributed by atoms with E-state index in [1.807, 2.05) is 13.8 Å². The lowest BCUT2D eigenvalue weighted by Gasteiger charge is -2.36. The van der Waals surface area contributed by atoms with E-state index >= 15 is 0 Å². The first-order valence-electron chi connectivity index (χ1n) is 11.6. The molecular formula is C26H32FN3O4. The third-order valence-corrected chi connectivity index (χ3v) is 6.29. The molecule has 1 aliphatic rings. The lowest BCUT2D eigenvalue weighted by Crippen LogP contribution is -2.55. The summed E-state index contributed by atoms with van der Waals surface area (Å²) in [6, 6.07) is 11.5. The van der Waals surface area contributed by atoms with Crippen LogP contribution in [0.2, 0.25) is 0 Å². The van der Waals surface area contributed by atoms with Crippen molar-refractivity contribution < 1.29 is 23.5 Å². The van der Waals surface area contributed by atoms with Crippen LogP contribution >= 0.6 is 0 Å². The van der Waals surface area contributed by atoms with E-state index < -0.39 is 17.8 Å². The molecule has 2 aromatic rings. The number of rotatable bonds is 8. The molecule has 0 unspecified atom stereocenters. The van der Waals surface area contributed by atoms with Crippen LogP contribution in [-0.2, 0) is 4.79 Å². The Morgan fingerprint density at radius 2 is 1.74 bits per heavy atom. The van der Waals surface area contributed by atoms with Crippen molar-refractivity contribution in [1.29, 1.82) is 0 Å². The van der Waals surface area contributed by atoms with Gasteiger partial charge < -0.3 is 20.3 Å². The summed E-state index contributed by atoms with van der Waals surface area (Å²) >= 11 is 0. The summed E-state index contributed by atoms with van der Waals surface area (Å²) in [5.41, 5.74) is 0.835. The second kappa shape index (κ2) is 11.6. The van der Waals surface area contributed by atoms with Gasteiger partial charge in [0.2, 0.25) is 5.91 Å². The minimum absolute atomic E-state index is 0.0348. The molecule has 1 fully saturated rings. The van der Waals surface area contributed by atoms with Crippen molar-refractivity contribution in [2.45, 2.75) is 45.2 Å². The zero-order chi connectivity index (χ0) is 24.7. The van der Waals surface area contributed by atoms with E-state index in [0.29, 0.717) is 37.2 Å². The molecule has 1 saturated heterocycles. The average Bonchev–Trinajstić information content (AvgIpc) is 2.87. The summed E-state index contributed by atoms with van der Waals surface area (Å²) in [6.45, 7) is 4.83. The van der Waals surface area contributed by atoms with E-state index in [4.69, 9.17) is 4.74 Å². The Morgan fingerprint density at radius 3 is 2.35 bits per heavy atom. The van der Waals surface area contributed by atoms with Gasteiger partial charge in [0.05, 0.1) is 7.11 Å². The van der Waals surface area contributed by atoms with Crippen LogP contribution in [0.15, 0.2) is 48.5 Å². The monoisotopic (exact) mass is 469 g/mol. The second-order valence-electron chi connectivity index (χ2n) is 8.64. The second-order valence-corrected chi connectivity index (χ2v) is 8.64. The molecule has 0 bridgehead atoms. The number of amides is 3. The smallest absolute Gasteiger partial charge is 0.253 e. The Labute approximate surface area is 199 Å². The molecule has 3 amide bonds. The van der Waals surface area contributed by atoms with Gasteiger partial charge in [0.15, 0.2) is 0 Å². The number of methoxy groups -OCH3 is 1. The standard InChI is InChI=1S/C26H32FN3O4/c1-4-17(2)28-25(32)23(29-24(31)19-8-10-21(27)11-9-19)18-12-14-30(15-13-18)26(33)20-6-5-7-22(16-20)34-3/h5-11,16-18,23H,4,12-15H2,1-3H3,(H,28,32)(H,29,31)/t17-,23-/m0/s1. The summed E-state index contributed by atoms with van der Waals surface area (Å²) in [5, 5.41) is 5.81. The van der Waals surface area contributed by atoms with E-state index in [1.54, 1.807) is 36.3 Å². The number of piperidine rings is 1. The number of hydrogen-bond donors (Lipinski definition) is 2. The van der Waals surface area contributed by atoms with Crippen molar-refractivity contribution in [2.75, 3.05) is 20.2 Å². The minimum atomic E-state index is -0.749. The van der Waals surface area contributed by atoms with Crippen LogP contribution < -0.4 is 15.4 Å². The van der Waals surface area contributed by atoms with Crippen molar-refractivity contribution >= 4 is 17.7 Å². The van der Waals surface area contributed by atoms with Gasteiger partial charge in [-0.3, -0.25) is 14.4 Å². The summed E-state index contributed by atoms with van der Waals surface area (Å²) in [4.78, 5) is 40.6. The maximum absolute atomic E-state index is 13.2. The molecule has 8 heteroatoms. The molecule has 0 radical (unpaired) electrons. The molecule has 3 rings (SSSR count). The highest BCUT2D eigenvalue weighted by Gasteiger charge is 2.34. The van der Waals surface area contributed by atoms with Crippen LogP contribution in [0.25, 0.3) is 0 Å². The Balaban J connectivity index is 1.70. The van der Waals surface area contributed by atoms with Gasteiger partial charge in [0, 0.05) is 30.3 Å². The molecule has 0 saturated carbocycles. The van der Waals surface area contributed by atoms with Gasteiger partial charge in [0.1, 0.15) is 17.6 Å². The summed E-state index contributed by atoms with van der Waals surface area (Å²) < 4.78 is 18.5. The maximum atomic E-state index is 13.2. The topological polar surface area (TPSA) is 87.7 Å². The highest BCUT2D eigenvalue weighted by atomic mass is 19.1. The molecule has 1 heterocycles. The molecule has 1 aliphatic heterocycles. The van der Waals surface area contributed by atoms with Crippen LogP contribution in [0, 0.1) is 11.7 Å². The van der Waals surface area contributed by atoms with E-state index in [-0.39, 0.29) is 29.3 Å². The van der Waals surface area contributed by atoms with Crippen molar-refractivity contribution in [3.63, 3.8) is 0 Å². The maximum Gasteiger partial charge on any atom is 0.253 e. The SMILES string of the molecule is CC[C@H](C)NC(=O)[C@@H](NC(=O)c1ccc(F)cc1)C1CCN(C(=O)c2cccc(OC)c2)CC1. The van der Waals surface area contributed by atoms with Gasteiger partial charge in [-0.25, -0.2) is 4.39 Å². The quantitative estimate of drug-likeness (QED) is 0.620. The van der Waals surface area contributed by atoms with E-state index in [9.17, 15) is 18.8 Å². The first-order valence-corrected chi connectivity index (χ1v) is 11.6. The molecule has 0 aromatic heterocycles. The number of nitrogens with one attached hydrogen (secondary N) is 2. The summed E-state index contributed by atoms with van der Waals surface area (Å²) in [7, 11) is 1.56. The first-order chi connectivity index (χ1) is 16.3. The van der Waals surface area contributed by atoms with Crippen molar-refractivity contribution in [3.8, 4) is 5.75 Å². The third kappa shape index (κ3) is 6.34. The summed E-state index contributed by atoms with van der Waals surface area (Å²) in [6.07, 6.45) is 1.90. The summed E-state index contributed by atoms with van der Waals surface area (Å²) in [5.74, 6) is -0.723. The molecule has 2 aromatic carbocycles. The van der Waals surface area contributed by atoms with Crippen LogP contribution in [0.3, 0.4) is 0 Å². The predicted octanol–water partition coefficient (Wildman–Crippen LogP) is 3.40. The van der Waals surface area contributed by atoms with Gasteiger partial charge in [0.25, 0.3) is 11.8 Å². The largest absolute Gasteiger partial charge is 0.497 e. The molecule has 0 spiro atoms. The van der Waals surface area contributed by atoms with E-state index in [0.717, 1.165) is 6.42 Å². The normalized spacial score (nSPS) is 15.8. The Hall–Kier alpha value is -3.42. The van der Waals surface area contributed by atoms with Crippen LogP contribution in [0.5, 0.6) is 5.75 Å². The highest BCUT2D eigenvalue weighted by molar-refractivity contribution is 5.98. The molecule has 7 nitrogen and oxygen atoms in total. The fraction of sp³-hybridized carbons (Fsp3) is 0.423. The first kappa shape index (κ1) is 25.2. The fourth-order valence-corrected chi connectivity index (χ4v) is 4.03. The molecule has 0 aliphatic carbocycles. The van der Waals surface area contributed by atoms with Crippen molar-refractivity contribution in [2.24, 2.45) is 5.92 Å². The van der Waals surface area contributed by atoms with Gasteiger partial charge in [-0.05, 0) is 74.6 Å². The molecule has 182 valence electrons. The van der Waals surface area contributed by atoms with Crippen molar-refractivity contribution in [1.82, 2.24) is 15.5 Å². The number of hydrogen-bond acceptors (Lipinski definition) is 4. The Morgan fingerprint density at radius 1 is 1.06 bits per heavy atom. The molecule has 2 N–H and O–H groups in total. The number of carbonyl (C=O) groups is 3. The zero-order valence-electron chi connectivity index (χ0n) is 19.8. The molecule has 34 heavy (non-hydrogen) atoms. The van der Waals surface area contributed by atoms with Crippen LogP contribution in [0.1, 0.15) is 53.8 Å². The van der Waals surface area contributed by atoms with Crippen LogP contribution in [-0.4, -0.2) is 54.9 Å². The lowest BCUT2D eigenvalue weighted by molar-refractivity contribution is -0.125. The molecular weight excluding hydrogens is 437 g/mol. The van der Waals surface area contributed by atoms with E-state index in [1.165, 1.54) is 24.3 Å². The predicted molar refractivity (Wildman–Crippen MR) is 127 cm³/mol. The average molecular weight is 470 g/mol. The Bertz CT molecular complexity index is 1000. The number of ether oxygens (including phenoxy) is 1. The lowest BCUT2D eigenvalue weighted by atomic mass is 9.88. The van der Waals surface area contributed by atoms with Crippen molar-refractivity contribution in [3.05, 3.63) is 65.5 Å². The van der Waals surface area contributed by atoms with Gasteiger partial charge in [-0.2, -0.15) is 0 Å². The van der Waals surface area contributed by atoms with E-state index in [2.05, 4.69) is 10.6 Å². The number of halogens is 1. The zero-order valence-corrected chi connectivity index (χ0v) is 19.8. The number of carbonyl (C=O) groups excluding carboxylic acids is 3. The number of benzene rings is 2. The third-order valence-electron chi connectivity index (χ3n) is 6.29. The number of likely N-dealkylation sites (tertiary alicyclic amines) is 1. The highest BCUT2D eigenvalue weighted by Crippen LogP contribution is 2.24. The van der Waals surface area contributed by atoms with Crippen LogP contribution in [0.4, 0.5) is 4.39 Å².